The third-order valence-electron chi connectivity index (χ3n) is 4.23. The fourth-order valence-corrected chi connectivity index (χ4v) is 3.14. The second-order valence-electron chi connectivity index (χ2n) is 6.40. The number of piperidine rings is 1. The zero-order chi connectivity index (χ0) is 15.2. The summed E-state index contributed by atoms with van der Waals surface area (Å²) < 4.78 is 0. The average molecular weight is 290 g/mol. The van der Waals surface area contributed by atoms with Crippen LogP contribution in [-0.4, -0.2) is 50.7 Å². The van der Waals surface area contributed by atoms with E-state index in [9.17, 15) is 0 Å². The van der Waals surface area contributed by atoms with Gasteiger partial charge in [0, 0.05) is 31.9 Å². The summed E-state index contributed by atoms with van der Waals surface area (Å²) in [5.74, 6) is 2.00. The molecule has 118 valence electrons. The second kappa shape index (κ2) is 7.76. The van der Waals surface area contributed by atoms with Crippen LogP contribution in [0.5, 0.6) is 0 Å². The van der Waals surface area contributed by atoms with Crippen LogP contribution in [0.15, 0.2) is 12.1 Å². The molecular formula is C17H30N4. The Labute approximate surface area is 129 Å². The van der Waals surface area contributed by atoms with Gasteiger partial charge in [0.2, 0.25) is 0 Å². The van der Waals surface area contributed by atoms with Crippen LogP contribution >= 0.6 is 0 Å². The molecule has 2 rings (SSSR count). The molecule has 1 saturated heterocycles. The van der Waals surface area contributed by atoms with E-state index in [1.807, 2.05) is 7.05 Å². The first-order chi connectivity index (χ1) is 10.1. The molecule has 0 aromatic carbocycles. The maximum Gasteiger partial charge on any atom is 0.129 e. The van der Waals surface area contributed by atoms with Crippen LogP contribution in [0.4, 0.5) is 5.82 Å². The van der Waals surface area contributed by atoms with Crippen molar-refractivity contribution in [3.63, 3.8) is 0 Å². The highest BCUT2D eigenvalue weighted by Gasteiger charge is 2.21. The largest absolute Gasteiger partial charge is 0.357 e. The number of pyridine rings is 1. The van der Waals surface area contributed by atoms with E-state index in [1.54, 1.807) is 0 Å². The Morgan fingerprint density at radius 1 is 1.29 bits per heavy atom. The third-order valence-corrected chi connectivity index (χ3v) is 4.23. The molecule has 0 radical (unpaired) electrons. The summed E-state index contributed by atoms with van der Waals surface area (Å²) in [5.41, 5.74) is 2.54. The van der Waals surface area contributed by atoms with E-state index < -0.39 is 0 Å². The topological polar surface area (TPSA) is 31.4 Å². The first kappa shape index (κ1) is 16.2. The van der Waals surface area contributed by atoms with E-state index in [0.717, 1.165) is 32.0 Å². The monoisotopic (exact) mass is 290 g/mol. The van der Waals surface area contributed by atoms with E-state index in [-0.39, 0.29) is 0 Å². The van der Waals surface area contributed by atoms with E-state index in [2.05, 4.69) is 48.3 Å². The summed E-state index contributed by atoms with van der Waals surface area (Å²) in [5, 5.41) is 3.24. The lowest BCUT2D eigenvalue weighted by Gasteiger charge is -2.34. The zero-order valence-corrected chi connectivity index (χ0v) is 14.0. The number of anilines is 1. The summed E-state index contributed by atoms with van der Waals surface area (Å²) in [4.78, 5) is 9.60. The van der Waals surface area contributed by atoms with E-state index in [0.29, 0.717) is 0 Å². The van der Waals surface area contributed by atoms with Gasteiger partial charge in [-0.25, -0.2) is 4.98 Å². The predicted molar refractivity (Wildman–Crippen MR) is 89.9 cm³/mol. The molecule has 1 aliphatic heterocycles. The van der Waals surface area contributed by atoms with Gasteiger partial charge in [-0.3, -0.25) is 0 Å². The lowest BCUT2D eigenvalue weighted by molar-refractivity contribution is 0.284. The van der Waals surface area contributed by atoms with Crippen molar-refractivity contribution in [2.24, 2.45) is 5.92 Å². The van der Waals surface area contributed by atoms with Crippen molar-refractivity contribution in [3.8, 4) is 0 Å². The highest BCUT2D eigenvalue weighted by Crippen LogP contribution is 2.23. The molecule has 0 unspecified atom stereocenters. The minimum atomic E-state index is 0.836. The van der Waals surface area contributed by atoms with Gasteiger partial charge in [0.25, 0.3) is 0 Å². The van der Waals surface area contributed by atoms with Crippen LogP contribution < -0.4 is 10.2 Å². The SMILES string of the molecule is CCc1cc(CNC)cc(N2CCC(CN(C)C)CC2)n1. The number of nitrogens with zero attached hydrogens (tertiary/aromatic N) is 3. The summed E-state index contributed by atoms with van der Waals surface area (Å²) in [6, 6.07) is 4.47. The molecule has 2 heterocycles. The Hall–Kier alpha value is -1.13. The Balaban J connectivity index is 2.03. The van der Waals surface area contributed by atoms with Crippen LogP contribution in [-0.2, 0) is 13.0 Å². The van der Waals surface area contributed by atoms with Crippen LogP contribution in [0.25, 0.3) is 0 Å². The van der Waals surface area contributed by atoms with Gasteiger partial charge < -0.3 is 15.1 Å². The first-order valence-electron chi connectivity index (χ1n) is 8.16. The molecule has 1 aromatic heterocycles. The fourth-order valence-electron chi connectivity index (χ4n) is 3.14. The van der Waals surface area contributed by atoms with Crippen molar-refractivity contribution in [3.05, 3.63) is 23.4 Å². The zero-order valence-electron chi connectivity index (χ0n) is 14.0. The Morgan fingerprint density at radius 3 is 2.57 bits per heavy atom. The van der Waals surface area contributed by atoms with Gasteiger partial charge >= 0.3 is 0 Å². The highest BCUT2D eigenvalue weighted by molar-refractivity contribution is 5.43. The van der Waals surface area contributed by atoms with Crippen molar-refractivity contribution >= 4 is 5.82 Å². The van der Waals surface area contributed by atoms with Gasteiger partial charge in [-0.15, -0.1) is 0 Å². The number of aromatic nitrogens is 1. The molecule has 4 heteroatoms. The molecule has 0 saturated carbocycles. The van der Waals surface area contributed by atoms with Crippen LogP contribution in [0.2, 0.25) is 0 Å². The summed E-state index contributed by atoms with van der Waals surface area (Å²) >= 11 is 0. The van der Waals surface area contributed by atoms with Gasteiger partial charge in [0.15, 0.2) is 0 Å². The van der Waals surface area contributed by atoms with Crippen LogP contribution in [0.3, 0.4) is 0 Å². The Bertz CT molecular complexity index is 436. The molecular weight excluding hydrogens is 260 g/mol. The van der Waals surface area contributed by atoms with Gasteiger partial charge in [-0.05, 0) is 64.0 Å². The molecule has 0 bridgehead atoms. The molecule has 0 spiro atoms. The van der Waals surface area contributed by atoms with Crippen molar-refractivity contribution in [2.45, 2.75) is 32.7 Å². The minimum absolute atomic E-state index is 0.836. The summed E-state index contributed by atoms with van der Waals surface area (Å²) in [7, 11) is 6.34. The molecule has 0 amide bonds. The molecule has 21 heavy (non-hydrogen) atoms. The van der Waals surface area contributed by atoms with E-state index >= 15 is 0 Å². The molecule has 4 nitrogen and oxygen atoms in total. The van der Waals surface area contributed by atoms with E-state index in [1.165, 1.54) is 36.5 Å². The minimum Gasteiger partial charge on any atom is -0.357 e. The number of hydrogen-bond donors (Lipinski definition) is 1. The van der Waals surface area contributed by atoms with Crippen molar-refractivity contribution in [1.29, 1.82) is 0 Å². The molecule has 1 N–H and O–H groups in total. The molecule has 0 atom stereocenters. The van der Waals surface area contributed by atoms with Crippen molar-refractivity contribution in [1.82, 2.24) is 15.2 Å². The maximum atomic E-state index is 4.83. The summed E-state index contributed by atoms with van der Waals surface area (Å²) in [6.45, 7) is 6.58. The second-order valence-corrected chi connectivity index (χ2v) is 6.40. The van der Waals surface area contributed by atoms with Gasteiger partial charge in [-0.1, -0.05) is 6.92 Å². The maximum absolute atomic E-state index is 4.83. The van der Waals surface area contributed by atoms with Gasteiger partial charge in [0.05, 0.1) is 0 Å². The molecule has 0 aliphatic carbocycles. The van der Waals surface area contributed by atoms with Crippen LogP contribution in [0, 0.1) is 5.92 Å². The number of aryl methyl sites for hydroxylation is 1. The quantitative estimate of drug-likeness (QED) is 0.870. The smallest absolute Gasteiger partial charge is 0.129 e. The fraction of sp³-hybridized carbons (Fsp3) is 0.706. The predicted octanol–water partition coefficient (Wildman–Crippen LogP) is 2.14. The Kier molecular flexibility index (Phi) is 6.00. The standard InChI is InChI=1S/C17H30N4/c1-5-16-10-15(12-18-2)11-17(19-16)21-8-6-14(7-9-21)13-20(3)4/h10-11,14,18H,5-9,12-13H2,1-4H3. The number of nitrogens with one attached hydrogen (secondary N) is 1. The van der Waals surface area contributed by atoms with Crippen LogP contribution in [0.1, 0.15) is 31.0 Å². The lowest BCUT2D eigenvalue weighted by Crippen LogP contribution is -2.37. The molecule has 1 aromatic rings. The molecule has 1 fully saturated rings. The average Bonchev–Trinajstić information content (AvgIpc) is 2.47. The lowest BCUT2D eigenvalue weighted by atomic mass is 9.96. The van der Waals surface area contributed by atoms with Gasteiger partial charge in [0.1, 0.15) is 5.82 Å². The number of rotatable bonds is 6. The van der Waals surface area contributed by atoms with Gasteiger partial charge in [-0.2, -0.15) is 0 Å². The third kappa shape index (κ3) is 4.68. The highest BCUT2D eigenvalue weighted by atomic mass is 15.2. The number of hydrogen-bond acceptors (Lipinski definition) is 4. The first-order valence-corrected chi connectivity index (χ1v) is 8.16. The van der Waals surface area contributed by atoms with E-state index in [4.69, 9.17) is 4.98 Å². The Morgan fingerprint density at radius 2 is 2.00 bits per heavy atom. The van der Waals surface area contributed by atoms with Crippen molar-refractivity contribution in [2.75, 3.05) is 45.7 Å². The molecule has 1 aliphatic rings. The van der Waals surface area contributed by atoms with Crippen molar-refractivity contribution < 1.29 is 0 Å². The summed E-state index contributed by atoms with van der Waals surface area (Å²) in [6.07, 6.45) is 3.55. The normalized spacial score (nSPS) is 16.7.